The van der Waals surface area contributed by atoms with E-state index in [4.69, 9.17) is 14.2 Å². The lowest BCUT2D eigenvalue weighted by Crippen LogP contribution is -2.02. The predicted octanol–water partition coefficient (Wildman–Crippen LogP) is 3.70. The van der Waals surface area contributed by atoms with E-state index in [1.807, 2.05) is 32.0 Å². The van der Waals surface area contributed by atoms with Crippen LogP contribution in [0, 0.1) is 24.0 Å². The molecule has 0 radical (unpaired) electrons. The molecule has 7 heteroatoms. The van der Waals surface area contributed by atoms with E-state index in [0.29, 0.717) is 11.5 Å². The average molecular weight is 355 g/mol. The Hall–Kier alpha value is -3.35. The second-order valence-electron chi connectivity index (χ2n) is 5.89. The summed E-state index contributed by atoms with van der Waals surface area (Å²) < 4.78 is 15.6. The highest BCUT2D eigenvalue weighted by atomic mass is 16.7. The number of aryl methyl sites for hydroxylation is 2. The van der Waals surface area contributed by atoms with Crippen molar-refractivity contribution in [1.29, 1.82) is 0 Å². The molecule has 134 valence electrons. The molecule has 0 atom stereocenters. The highest BCUT2D eigenvalue weighted by Gasteiger charge is 2.22. The van der Waals surface area contributed by atoms with Crippen LogP contribution in [0.3, 0.4) is 0 Å². The molecule has 0 aromatic heterocycles. The second-order valence-corrected chi connectivity index (χ2v) is 5.89. The number of fused-ring (bicyclic) bond motifs is 1. The first-order chi connectivity index (χ1) is 12.4. The first-order valence-corrected chi connectivity index (χ1v) is 7.93. The van der Waals surface area contributed by atoms with Gasteiger partial charge in [0.15, 0.2) is 11.5 Å². The van der Waals surface area contributed by atoms with Gasteiger partial charge in [-0.25, -0.2) is 4.79 Å². The van der Waals surface area contributed by atoms with Crippen molar-refractivity contribution >= 4 is 17.7 Å². The minimum atomic E-state index is -0.585. The maximum Gasteiger partial charge on any atom is 0.331 e. The van der Waals surface area contributed by atoms with Crippen LogP contribution in [0.1, 0.15) is 22.3 Å². The summed E-state index contributed by atoms with van der Waals surface area (Å²) in [5.74, 6) is 0.128. The summed E-state index contributed by atoms with van der Waals surface area (Å²) in [7, 11) is 0. The van der Waals surface area contributed by atoms with Crippen LogP contribution >= 0.6 is 0 Å². The maximum atomic E-state index is 12.0. The molecule has 2 aromatic carbocycles. The Morgan fingerprint density at radius 1 is 1.23 bits per heavy atom. The third-order valence-electron chi connectivity index (χ3n) is 3.99. The van der Waals surface area contributed by atoms with E-state index in [0.717, 1.165) is 22.8 Å². The molecule has 26 heavy (non-hydrogen) atoms. The van der Waals surface area contributed by atoms with Crippen molar-refractivity contribution in [2.24, 2.45) is 0 Å². The molecule has 0 spiro atoms. The Morgan fingerprint density at radius 3 is 2.69 bits per heavy atom. The van der Waals surface area contributed by atoms with Crippen molar-refractivity contribution in [2.75, 3.05) is 6.79 Å². The van der Waals surface area contributed by atoms with Gasteiger partial charge in [-0.2, -0.15) is 0 Å². The van der Waals surface area contributed by atoms with Crippen molar-refractivity contribution in [3.63, 3.8) is 0 Å². The molecule has 1 aliphatic heterocycles. The summed E-state index contributed by atoms with van der Waals surface area (Å²) in [6, 6.07) is 8.65. The molecular weight excluding hydrogens is 338 g/mol. The van der Waals surface area contributed by atoms with Crippen LogP contribution < -0.4 is 9.47 Å². The lowest BCUT2D eigenvalue weighted by atomic mass is 10.1. The molecule has 3 rings (SSSR count). The van der Waals surface area contributed by atoms with Gasteiger partial charge in [-0.15, -0.1) is 0 Å². The normalized spacial score (nSPS) is 12.4. The van der Waals surface area contributed by atoms with Crippen LogP contribution in [0.25, 0.3) is 6.08 Å². The zero-order valence-corrected chi connectivity index (χ0v) is 14.4. The molecule has 2 aromatic rings. The predicted molar refractivity (Wildman–Crippen MR) is 94.0 cm³/mol. The molecule has 0 fully saturated rings. The van der Waals surface area contributed by atoms with Gasteiger partial charge in [0.2, 0.25) is 6.79 Å². The van der Waals surface area contributed by atoms with Crippen LogP contribution in [0.15, 0.2) is 36.4 Å². The molecule has 1 heterocycles. The maximum absolute atomic E-state index is 12.0. The van der Waals surface area contributed by atoms with Crippen molar-refractivity contribution in [3.8, 4) is 11.5 Å². The second kappa shape index (κ2) is 7.26. The van der Waals surface area contributed by atoms with Crippen LogP contribution in [-0.4, -0.2) is 17.7 Å². The first-order valence-electron chi connectivity index (χ1n) is 7.93. The monoisotopic (exact) mass is 355 g/mol. The SMILES string of the molecule is Cc1ccc(C)c(COC(=O)/C=C/c2cc3c(cc2[N+](=O)[O-])OCO3)c1. The third-order valence-corrected chi connectivity index (χ3v) is 3.99. The van der Waals surface area contributed by atoms with Crippen LogP contribution in [0.4, 0.5) is 5.69 Å². The number of nitrogens with zero attached hydrogens (tertiary/aromatic N) is 1. The van der Waals surface area contributed by atoms with Gasteiger partial charge >= 0.3 is 5.97 Å². The summed E-state index contributed by atoms with van der Waals surface area (Å²) in [5, 5.41) is 11.2. The number of hydrogen-bond acceptors (Lipinski definition) is 6. The molecule has 0 unspecified atom stereocenters. The largest absolute Gasteiger partial charge is 0.458 e. The highest BCUT2D eigenvalue weighted by molar-refractivity contribution is 5.88. The van der Waals surface area contributed by atoms with Gasteiger partial charge in [0.25, 0.3) is 5.69 Å². The topological polar surface area (TPSA) is 87.9 Å². The van der Waals surface area contributed by atoms with Crippen LogP contribution in [0.5, 0.6) is 11.5 Å². The molecule has 0 N–H and O–H groups in total. The lowest BCUT2D eigenvalue weighted by molar-refractivity contribution is -0.385. The van der Waals surface area contributed by atoms with E-state index in [-0.39, 0.29) is 24.7 Å². The van der Waals surface area contributed by atoms with E-state index in [1.54, 1.807) is 0 Å². The van der Waals surface area contributed by atoms with Gasteiger partial charge in [-0.05, 0) is 37.1 Å². The Morgan fingerprint density at radius 2 is 1.96 bits per heavy atom. The van der Waals surface area contributed by atoms with Gasteiger partial charge in [-0.1, -0.05) is 23.8 Å². The minimum absolute atomic E-state index is 0.0114. The number of nitro benzene ring substituents is 1. The summed E-state index contributed by atoms with van der Waals surface area (Å²) >= 11 is 0. The smallest absolute Gasteiger partial charge is 0.331 e. The van der Waals surface area contributed by atoms with Gasteiger partial charge < -0.3 is 14.2 Å². The number of rotatable bonds is 5. The van der Waals surface area contributed by atoms with Crippen molar-refractivity contribution in [1.82, 2.24) is 0 Å². The molecular formula is C19H17NO6. The van der Waals surface area contributed by atoms with E-state index >= 15 is 0 Å². The first kappa shape index (κ1) is 17.5. The number of carbonyl (C=O) groups is 1. The average Bonchev–Trinajstić information content (AvgIpc) is 3.07. The fourth-order valence-corrected chi connectivity index (χ4v) is 2.55. The number of ether oxygens (including phenoxy) is 3. The number of hydrogen-bond donors (Lipinski definition) is 0. The fraction of sp³-hybridized carbons (Fsp3) is 0.211. The van der Waals surface area contributed by atoms with E-state index in [2.05, 4.69) is 0 Å². The van der Waals surface area contributed by atoms with E-state index in [9.17, 15) is 14.9 Å². The number of esters is 1. The van der Waals surface area contributed by atoms with Gasteiger partial charge in [0, 0.05) is 6.08 Å². The summed E-state index contributed by atoms with van der Waals surface area (Å²) in [6.45, 7) is 4.05. The number of benzene rings is 2. The number of nitro groups is 1. The van der Waals surface area contributed by atoms with Crippen LogP contribution in [0.2, 0.25) is 0 Å². The zero-order valence-electron chi connectivity index (χ0n) is 14.4. The van der Waals surface area contributed by atoms with E-state index < -0.39 is 10.9 Å². The minimum Gasteiger partial charge on any atom is -0.458 e. The summed E-state index contributed by atoms with van der Waals surface area (Å²) in [5.41, 5.74) is 3.09. The van der Waals surface area contributed by atoms with Gasteiger partial charge in [0.05, 0.1) is 16.6 Å². The molecule has 7 nitrogen and oxygen atoms in total. The highest BCUT2D eigenvalue weighted by Crippen LogP contribution is 2.38. The zero-order chi connectivity index (χ0) is 18.7. The molecule has 0 saturated heterocycles. The number of carbonyl (C=O) groups excluding carboxylic acids is 1. The van der Waals surface area contributed by atoms with Crippen molar-refractivity contribution < 1.29 is 23.9 Å². The van der Waals surface area contributed by atoms with Gasteiger partial charge in [-0.3, -0.25) is 10.1 Å². The quantitative estimate of drug-likeness (QED) is 0.352. The Bertz CT molecular complexity index is 903. The Kier molecular flexibility index (Phi) is 4.88. The third kappa shape index (κ3) is 3.83. The molecule has 1 aliphatic rings. The van der Waals surface area contributed by atoms with Gasteiger partial charge in [0.1, 0.15) is 6.61 Å². The van der Waals surface area contributed by atoms with E-state index in [1.165, 1.54) is 18.2 Å². The Balaban J connectivity index is 1.72. The summed E-state index contributed by atoms with van der Waals surface area (Å²) in [6.07, 6.45) is 2.50. The van der Waals surface area contributed by atoms with Crippen molar-refractivity contribution in [2.45, 2.75) is 20.5 Å². The Labute approximate surface area is 150 Å². The molecule has 0 amide bonds. The standard InChI is InChI=1S/C19H17NO6/c1-12-3-4-13(2)15(7-12)10-24-19(21)6-5-14-8-17-18(26-11-25-17)9-16(14)20(22)23/h3-9H,10-11H2,1-2H3/b6-5+. The molecule has 0 saturated carbocycles. The molecule has 0 aliphatic carbocycles. The fourth-order valence-electron chi connectivity index (χ4n) is 2.55. The van der Waals surface area contributed by atoms with Crippen molar-refractivity contribution in [3.05, 3.63) is 68.8 Å². The van der Waals surface area contributed by atoms with Crippen LogP contribution in [-0.2, 0) is 16.1 Å². The molecule has 0 bridgehead atoms. The lowest BCUT2D eigenvalue weighted by Gasteiger charge is -2.07. The summed E-state index contributed by atoms with van der Waals surface area (Å²) in [4.78, 5) is 22.6.